The molecule has 2 amide bonds. The van der Waals surface area contributed by atoms with Gasteiger partial charge in [0, 0.05) is 48.5 Å². The molecule has 5 aromatic rings. The molecular formula is C30H28FN7O2. The summed E-state index contributed by atoms with van der Waals surface area (Å²) in [5.41, 5.74) is 4.63. The molecule has 7 rings (SSSR count). The predicted octanol–water partition coefficient (Wildman–Crippen LogP) is 5.23. The molecule has 1 N–H and O–H groups in total. The van der Waals surface area contributed by atoms with Gasteiger partial charge in [-0.25, -0.2) is 13.9 Å². The van der Waals surface area contributed by atoms with Crippen LogP contribution >= 0.6 is 0 Å². The van der Waals surface area contributed by atoms with Crippen molar-refractivity contribution in [3.63, 3.8) is 0 Å². The highest BCUT2D eigenvalue weighted by Crippen LogP contribution is 2.35. The van der Waals surface area contributed by atoms with Crippen LogP contribution in [-0.4, -0.2) is 47.4 Å². The van der Waals surface area contributed by atoms with Gasteiger partial charge in [0.1, 0.15) is 11.5 Å². The van der Waals surface area contributed by atoms with Gasteiger partial charge in [-0.1, -0.05) is 12.1 Å². The number of aryl methyl sites for hydroxylation is 1. The van der Waals surface area contributed by atoms with Gasteiger partial charge >= 0.3 is 0 Å². The SMILES string of the molecule is CCn1cc(C(=O)N2CCC[C@H]2c2ccc(F)cc2)c2cc(-c3ccn4nc(NC(=O)C5CC5)nc4c3)cnc21. The lowest BCUT2D eigenvalue weighted by molar-refractivity contribution is -0.117. The molecule has 4 aromatic heterocycles. The zero-order valence-electron chi connectivity index (χ0n) is 22.0. The lowest BCUT2D eigenvalue weighted by atomic mass is 10.0. The Bertz CT molecular complexity index is 1770. The van der Waals surface area contributed by atoms with Gasteiger partial charge in [-0.2, -0.15) is 4.98 Å². The summed E-state index contributed by atoms with van der Waals surface area (Å²) in [5, 5.41) is 7.94. The molecule has 1 saturated heterocycles. The number of anilines is 1. The van der Waals surface area contributed by atoms with E-state index in [1.54, 1.807) is 29.0 Å². The van der Waals surface area contributed by atoms with Crippen LogP contribution in [0.4, 0.5) is 10.3 Å². The van der Waals surface area contributed by atoms with E-state index in [2.05, 4.69) is 15.4 Å². The molecule has 0 bridgehead atoms. The quantitative estimate of drug-likeness (QED) is 0.320. The van der Waals surface area contributed by atoms with Crippen LogP contribution in [0.15, 0.2) is 61.1 Å². The largest absolute Gasteiger partial charge is 0.332 e. The highest BCUT2D eigenvalue weighted by atomic mass is 19.1. The number of aromatic nitrogens is 5. The second-order valence-electron chi connectivity index (χ2n) is 10.5. The monoisotopic (exact) mass is 537 g/mol. The molecule has 0 radical (unpaired) electrons. The first kappa shape index (κ1) is 24.4. The van der Waals surface area contributed by atoms with Crippen molar-refractivity contribution in [1.29, 1.82) is 0 Å². The van der Waals surface area contributed by atoms with Crippen molar-refractivity contribution in [1.82, 2.24) is 29.0 Å². The molecule has 0 unspecified atom stereocenters. The van der Waals surface area contributed by atoms with Crippen LogP contribution in [0, 0.1) is 11.7 Å². The van der Waals surface area contributed by atoms with Gasteiger partial charge in [0.15, 0.2) is 5.65 Å². The average molecular weight is 538 g/mol. The molecule has 5 heterocycles. The minimum Gasteiger partial charge on any atom is -0.332 e. The maximum atomic E-state index is 14.0. The van der Waals surface area contributed by atoms with E-state index in [9.17, 15) is 14.0 Å². The molecule has 202 valence electrons. The molecule has 9 nitrogen and oxygen atoms in total. The molecule has 10 heteroatoms. The Balaban J connectivity index is 1.23. The van der Waals surface area contributed by atoms with E-state index in [4.69, 9.17) is 4.98 Å². The van der Waals surface area contributed by atoms with Crippen molar-refractivity contribution in [3.8, 4) is 11.1 Å². The molecule has 1 aliphatic carbocycles. The summed E-state index contributed by atoms with van der Waals surface area (Å²) in [6.45, 7) is 3.35. The van der Waals surface area contributed by atoms with E-state index in [0.717, 1.165) is 53.4 Å². The number of benzene rings is 1. The molecule has 2 fully saturated rings. The topological polar surface area (TPSA) is 97.4 Å². The van der Waals surface area contributed by atoms with E-state index in [0.29, 0.717) is 24.3 Å². The fourth-order valence-electron chi connectivity index (χ4n) is 5.61. The second kappa shape index (κ2) is 9.55. The van der Waals surface area contributed by atoms with Gasteiger partial charge in [-0.05, 0) is 74.1 Å². The zero-order valence-corrected chi connectivity index (χ0v) is 22.0. The second-order valence-corrected chi connectivity index (χ2v) is 10.5. The predicted molar refractivity (Wildman–Crippen MR) is 148 cm³/mol. The number of hydrogen-bond donors (Lipinski definition) is 1. The van der Waals surface area contributed by atoms with Crippen molar-refractivity contribution in [2.24, 2.45) is 5.92 Å². The third-order valence-corrected chi connectivity index (χ3v) is 7.91. The Morgan fingerprint density at radius 2 is 1.90 bits per heavy atom. The summed E-state index contributed by atoms with van der Waals surface area (Å²) < 4.78 is 17.2. The fraction of sp³-hybridized carbons (Fsp3) is 0.300. The molecule has 1 aromatic carbocycles. The first-order chi connectivity index (χ1) is 19.5. The summed E-state index contributed by atoms with van der Waals surface area (Å²) in [7, 11) is 0. The Morgan fingerprint density at radius 3 is 2.67 bits per heavy atom. The molecule has 0 spiro atoms. The Morgan fingerprint density at radius 1 is 1.07 bits per heavy atom. The van der Waals surface area contributed by atoms with Gasteiger partial charge in [0.05, 0.1) is 11.6 Å². The van der Waals surface area contributed by atoms with Gasteiger partial charge in [0.2, 0.25) is 11.9 Å². The summed E-state index contributed by atoms with van der Waals surface area (Å²) in [5.74, 6) is -0.0153. The number of halogens is 1. The maximum absolute atomic E-state index is 14.0. The van der Waals surface area contributed by atoms with E-state index < -0.39 is 0 Å². The minimum atomic E-state index is -0.284. The highest BCUT2D eigenvalue weighted by molar-refractivity contribution is 6.07. The number of carbonyl (C=O) groups excluding carboxylic acids is 2. The first-order valence-corrected chi connectivity index (χ1v) is 13.7. The number of amides is 2. The van der Waals surface area contributed by atoms with Crippen LogP contribution in [0.1, 0.15) is 54.6 Å². The summed E-state index contributed by atoms with van der Waals surface area (Å²) >= 11 is 0. The van der Waals surface area contributed by atoms with Crippen molar-refractivity contribution in [2.75, 3.05) is 11.9 Å². The van der Waals surface area contributed by atoms with Crippen LogP contribution in [-0.2, 0) is 11.3 Å². The number of hydrogen-bond acceptors (Lipinski definition) is 5. The summed E-state index contributed by atoms with van der Waals surface area (Å²) in [6.07, 6.45) is 9.05. The smallest absolute Gasteiger partial charge is 0.256 e. The third kappa shape index (κ3) is 4.29. The van der Waals surface area contributed by atoms with Crippen molar-refractivity contribution in [3.05, 3.63) is 78.0 Å². The molecule has 1 saturated carbocycles. The molecular weight excluding hydrogens is 509 g/mol. The first-order valence-electron chi connectivity index (χ1n) is 13.7. The number of rotatable bonds is 6. The highest BCUT2D eigenvalue weighted by Gasteiger charge is 2.33. The maximum Gasteiger partial charge on any atom is 0.256 e. The standard InChI is InChI=1S/C30H28FN7O2/c1-2-36-17-24(29(40)37-12-3-4-25(37)18-7-9-22(31)10-8-18)23-14-21(16-32-27(23)36)20-11-13-38-26(15-20)33-30(35-38)34-28(39)19-5-6-19/h7-11,13-17,19,25H,2-6,12H2,1H3,(H,34,35,39)/t25-/m0/s1. The van der Waals surface area contributed by atoms with Crippen molar-refractivity contribution < 1.29 is 14.0 Å². The van der Waals surface area contributed by atoms with Crippen LogP contribution in [0.5, 0.6) is 0 Å². The van der Waals surface area contributed by atoms with Crippen LogP contribution in [0.2, 0.25) is 0 Å². The summed E-state index contributed by atoms with van der Waals surface area (Å²) in [6, 6.07) is 12.2. The number of fused-ring (bicyclic) bond motifs is 2. The van der Waals surface area contributed by atoms with Gasteiger partial charge in [-0.15, -0.1) is 5.10 Å². The van der Waals surface area contributed by atoms with E-state index in [1.165, 1.54) is 12.1 Å². The molecule has 2 aliphatic rings. The number of nitrogens with one attached hydrogen (secondary N) is 1. The van der Waals surface area contributed by atoms with Gasteiger partial charge in [0.25, 0.3) is 5.91 Å². The number of pyridine rings is 2. The average Bonchev–Trinajstić information content (AvgIpc) is 3.40. The normalized spacial score (nSPS) is 17.1. The fourth-order valence-corrected chi connectivity index (χ4v) is 5.61. The summed E-state index contributed by atoms with van der Waals surface area (Å²) in [4.78, 5) is 37.2. The molecule has 1 aliphatic heterocycles. The van der Waals surface area contributed by atoms with Gasteiger partial charge in [-0.3, -0.25) is 14.9 Å². The molecule has 40 heavy (non-hydrogen) atoms. The lowest BCUT2D eigenvalue weighted by Crippen LogP contribution is -2.30. The van der Waals surface area contributed by atoms with E-state index >= 15 is 0 Å². The Labute approximate surface area is 229 Å². The molecule has 1 atom stereocenters. The minimum absolute atomic E-state index is 0.0388. The van der Waals surface area contributed by atoms with E-state index in [-0.39, 0.29) is 35.5 Å². The third-order valence-electron chi connectivity index (χ3n) is 7.91. The van der Waals surface area contributed by atoms with Crippen LogP contribution in [0.25, 0.3) is 27.8 Å². The number of carbonyl (C=O) groups is 2. The van der Waals surface area contributed by atoms with Crippen LogP contribution in [0.3, 0.4) is 0 Å². The Kier molecular flexibility index (Phi) is 5.83. The van der Waals surface area contributed by atoms with Gasteiger partial charge < -0.3 is 9.47 Å². The lowest BCUT2D eigenvalue weighted by Gasteiger charge is -2.25. The van der Waals surface area contributed by atoms with E-state index in [1.807, 2.05) is 40.8 Å². The number of nitrogens with zero attached hydrogens (tertiary/aromatic N) is 6. The zero-order chi connectivity index (χ0) is 27.4. The van der Waals surface area contributed by atoms with Crippen molar-refractivity contribution in [2.45, 2.75) is 45.2 Å². The van der Waals surface area contributed by atoms with Crippen LogP contribution < -0.4 is 5.32 Å². The number of likely N-dealkylation sites (tertiary alicyclic amines) is 1. The van der Waals surface area contributed by atoms with Crippen molar-refractivity contribution >= 4 is 34.4 Å². The Hall–Kier alpha value is -4.60.